The average Bonchev–Trinajstić information content (AvgIpc) is 2.79. The van der Waals surface area contributed by atoms with Crippen LogP contribution in [0, 0.1) is 6.92 Å². The van der Waals surface area contributed by atoms with Gasteiger partial charge in [-0.3, -0.25) is 0 Å². The second-order valence-corrected chi connectivity index (χ2v) is 4.31. The van der Waals surface area contributed by atoms with Crippen LogP contribution in [0.5, 0.6) is 5.75 Å². The van der Waals surface area contributed by atoms with E-state index in [1.165, 1.54) is 0 Å². The van der Waals surface area contributed by atoms with Crippen molar-refractivity contribution in [3.05, 3.63) is 47.4 Å². The van der Waals surface area contributed by atoms with Crippen molar-refractivity contribution in [1.82, 2.24) is 0 Å². The molecule has 0 bridgehead atoms. The molecule has 5 nitrogen and oxygen atoms in total. The lowest BCUT2D eigenvalue weighted by atomic mass is 10.2. The minimum absolute atomic E-state index is 0.0140. The van der Waals surface area contributed by atoms with Crippen molar-refractivity contribution in [1.29, 1.82) is 0 Å². The van der Waals surface area contributed by atoms with E-state index in [0.29, 0.717) is 24.5 Å². The largest absolute Gasteiger partial charge is 0.492 e. The molecule has 106 valence electrons. The maximum Gasteiger partial charge on any atom is 0.372 e. The summed E-state index contributed by atoms with van der Waals surface area (Å²) < 4.78 is 10.8. The predicted octanol–water partition coefficient (Wildman–Crippen LogP) is 3.30. The fourth-order valence-electron chi connectivity index (χ4n) is 1.92. The Balaban J connectivity index is 2.09. The van der Waals surface area contributed by atoms with Gasteiger partial charge in [-0.05, 0) is 32.0 Å². The highest BCUT2D eigenvalue weighted by Crippen LogP contribution is 2.25. The molecule has 2 aromatic rings. The molecule has 5 heteroatoms. The Bertz CT molecular complexity index is 604. The lowest BCUT2D eigenvalue weighted by molar-refractivity contribution is 0.0659. The van der Waals surface area contributed by atoms with E-state index in [-0.39, 0.29) is 5.76 Å². The molecule has 0 aliphatic carbocycles. The number of hydrogen-bond donors (Lipinski definition) is 2. The van der Waals surface area contributed by atoms with Crippen molar-refractivity contribution in [2.75, 3.05) is 11.9 Å². The molecule has 2 N–H and O–H groups in total. The number of hydrogen-bond acceptors (Lipinski definition) is 4. The topological polar surface area (TPSA) is 71.7 Å². The highest BCUT2D eigenvalue weighted by Gasteiger charge is 2.14. The number of furan rings is 1. The molecule has 0 radical (unpaired) electrons. The van der Waals surface area contributed by atoms with Gasteiger partial charge < -0.3 is 19.6 Å². The summed E-state index contributed by atoms with van der Waals surface area (Å²) in [5.41, 5.74) is 1.47. The van der Waals surface area contributed by atoms with Crippen LogP contribution in [0.25, 0.3) is 0 Å². The summed E-state index contributed by atoms with van der Waals surface area (Å²) in [5.74, 6) is 0.270. The molecule has 2 rings (SSSR count). The molecule has 1 aromatic carbocycles. The molecule has 0 spiro atoms. The molecule has 0 aliphatic heterocycles. The molecular formula is C15H17NO4. The minimum Gasteiger partial charge on any atom is -0.492 e. The third kappa shape index (κ3) is 3.12. The summed E-state index contributed by atoms with van der Waals surface area (Å²) in [6.45, 7) is 4.62. The molecule has 0 unspecified atom stereocenters. The zero-order valence-electron chi connectivity index (χ0n) is 11.5. The predicted molar refractivity (Wildman–Crippen MR) is 75.3 cm³/mol. The third-order valence-electron chi connectivity index (χ3n) is 2.80. The number of carbonyl (C=O) groups is 1. The van der Waals surface area contributed by atoms with Crippen molar-refractivity contribution < 1.29 is 19.1 Å². The van der Waals surface area contributed by atoms with Gasteiger partial charge in [0.15, 0.2) is 0 Å². The van der Waals surface area contributed by atoms with E-state index in [9.17, 15) is 4.79 Å². The molecular weight excluding hydrogens is 258 g/mol. The van der Waals surface area contributed by atoms with Gasteiger partial charge in [-0.15, -0.1) is 0 Å². The van der Waals surface area contributed by atoms with Gasteiger partial charge in [0.1, 0.15) is 11.5 Å². The fraction of sp³-hybridized carbons (Fsp3) is 0.267. The minimum atomic E-state index is -1.05. The van der Waals surface area contributed by atoms with Gasteiger partial charge in [0, 0.05) is 5.56 Å². The fourth-order valence-corrected chi connectivity index (χ4v) is 1.92. The molecule has 0 atom stereocenters. The van der Waals surface area contributed by atoms with Crippen LogP contribution in [0.1, 0.15) is 28.8 Å². The quantitative estimate of drug-likeness (QED) is 0.846. The van der Waals surface area contributed by atoms with Crippen molar-refractivity contribution >= 4 is 11.7 Å². The first-order valence-corrected chi connectivity index (χ1v) is 6.40. The first-order valence-electron chi connectivity index (χ1n) is 6.40. The Morgan fingerprint density at radius 3 is 2.80 bits per heavy atom. The van der Waals surface area contributed by atoms with E-state index in [4.69, 9.17) is 14.3 Å². The number of rotatable bonds is 6. The lowest BCUT2D eigenvalue weighted by Gasteiger charge is -2.10. The second kappa shape index (κ2) is 6.14. The second-order valence-electron chi connectivity index (χ2n) is 4.31. The van der Waals surface area contributed by atoms with Crippen molar-refractivity contribution in [2.24, 2.45) is 0 Å². The Labute approximate surface area is 117 Å². The van der Waals surface area contributed by atoms with Gasteiger partial charge in [-0.1, -0.05) is 12.1 Å². The number of nitrogens with one attached hydrogen (secondary N) is 1. The monoisotopic (exact) mass is 275 g/mol. The smallest absolute Gasteiger partial charge is 0.372 e. The number of anilines is 1. The maximum atomic E-state index is 10.9. The number of aryl methyl sites for hydroxylation is 1. The standard InChI is InChI=1S/C15H17NO4/c1-3-19-13-7-5-4-6-12(13)16-9-11-8-10(2)14(20-11)15(17)18/h4-8,16H,3,9H2,1-2H3,(H,17,18). The molecule has 1 aromatic heterocycles. The van der Waals surface area contributed by atoms with E-state index < -0.39 is 5.97 Å². The third-order valence-corrected chi connectivity index (χ3v) is 2.80. The Morgan fingerprint density at radius 2 is 2.15 bits per heavy atom. The highest BCUT2D eigenvalue weighted by molar-refractivity contribution is 5.86. The Hall–Kier alpha value is -2.43. The van der Waals surface area contributed by atoms with Crippen LogP contribution in [-0.2, 0) is 6.54 Å². The van der Waals surface area contributed by atoms with Gasteiger partial charge in [-0.2, -0.15) is 0 Å². The molecule has 0 amide bonds. The summed E-state index contributed by atoms with van der Waals surface area (Å²) in [6, 6.07) is 9.30. The molecule has 0 aliphatic rings. The number of ether oxygens (including phenoxy) is 1. The van der Waals surface area contributed by atoms with Gasteiger partial charge >= 0.3 is 5.97 Å². The summed E-state index contributed by atoms with van der Waals surface area (Å²) in [7, 11) is 0. The Kier molecular flexibility index (Phi) is 4.30. The first-order chi connectivity index (χ1) is 9.61. The summed E-state index contributed by atoms with van der Waals surface area (Å²) in [5, 5.41) is 12.1. The molecule has 0 fully saturated rings. The average molecular weight is 275 g/mol. The Morgan fingerprint density at radius 1 is 1.40 bits per heavy atom. The maximum absolute atomic E-state index is 10.9. The van der Waals surface area contributed by atoms with Crippen LogP contribution in [0.4, 0.5) is 5.69 Å². The van der Waals surface area contributed by atoms with Gasteiger partial charge in [-0.25, -0.2) is 4.79 Å². The highest BCUT2D eigenvalue weighted by atomic mass is 16.5. The van der Waals surface area contributed by atoms with Crippen LogP contribution >= 0.6 is 0 Å². The number of aromatic carboxylic acids is 1. The number of carboxylic acid groups (broad SMARTS) is 1. The summed E-state index contributed by atoms with van der Waals surface area (Å²) in [6.07, 6.45) is 0. The SMILES string of the molecule is CCOc1ccccc1NCc1cc(C)c(C(=O)O)o1. The van der Waals surface area contributed by atoms with Crippen LogP contribution in [-0.4, -0.2) is 17.7 Å². The van der Waals surface area contributed by atoms with Crippen molar-refractivity contribution in [2.45, 2.75) is 20.4 Å². The zero-order chi connectivity index (χ0) is 14.5. The van der Waals surface area contributed by atoms with Crippen LogP contribution in [0.15, 0.2) is 34.7 Å². The zero-order valence-corrected chi connectivity index (χ0v) is 11.5. The van der Waals surface area contributed by atoms with Crippen molar-refractivity contribution in [3.8, 4) is 5.75 Å². The molecule has 1 heterocycles. The van der Waals surface area contributed by atoms with E-state index in [1.54, 1.807) is 13.0 Å². The summed E-state index contributed by atoms with van der Waals surface area (Å²) >= 11 is 0. The number of carboxylic acids is 1. The normalized spacial score (nSPS) is 10.3. The molecule has 20 heavy (non-hydrogen) atoms. The van der Waals surface area contributed by atoms with Crippen LogP contribution in [0.2, 0.25) is 0 Å². The molecule has 0 saturated carbocycles. The van der Waals surface area contributed by atoms with Gasteiger partial charge in [0.2, 0.25) is 5.76 Å². The first kappa shape index (κ1) is 14.0. The van der Waals surface area contributed by atoms with Crippen LogP contribution in [0.3, 0.4) is 0 Å². The van der Waals surface area contributed by atoms with E-state index >= 15 is 0 Å². The number of benzene rings is 1. The van der Waals surface area contributed by atoms with E-state index in [2.05, 4.69) is 5.32 Å². The molecule has 0 saturated heterocycles. The lowest BCUT2D eigenvalue weighted by Crippen LogP contribution is -2.02. The van der Waals surface area contributed by atoms with Crippen LogP contribution < -0.4 is 10.1 Å². The van der Waals surface area contributed by atoms with E-state index in [1.807, 2.05) is 31.2 Å². The summed E-state index contributed by atoms with van der Waals surface area (Å²) in [4.78, 5) is 10.9. The van der Waals surface area contributed by atoms with Crippen molar-refractivity contribution in [3.63, 3.8) is 0 Å². The number of para-hydroxylation sites is 2. The van der Waals surface area contributed by atoms with Gasteiger partial charge in [0.05, 0.1) is 18.8 Å². The van der Waals surface area contributed by atoms with Gasteiger partial charge in [0.25, 0.3) is 0 Å². The van der Waals surface area contributed by atoms with E-state index in [0.717, 1.165) is 11.4 Å².